The lowest BCUT2D eigenvalue weighted by Gasteiger charge is -2.51. The summed E-state index contributed by atoms with van der Waals surface area (Å²) in [7, 11) is 1.11. The number of carbonyl (C=O) groups is 2. The van der Waals surface area contributed by atoms with E-state index in [1.807, 2.05) is 24.3 Å². The largest absolute Gasteiger partial charge is 0.510 e. The van der Waals surface area contributed by atoms with E-state index in [-0.39, 0.29) is 36.8 Å². The van der Waals surface area contributed by atoms with Crippen molar-refractivity contribution < 1.29 is 41.7 Å². The third-order valence-electron chi connectivity index (χ3n) is 8.84. The average Bonchev–Trinajstić information content (AvgIpc) is 3.41. The molecule has 4 aromatic rings. The zero-order valence-corrected chi connectivity index (χ0v) is 24.9. The summed E-state index contributed by atoms with van der Waals surface area (Å²) >= 11 is 1.33. The van der Waals surface area contributed by atoms with Crippen LogP contribution in [0, 0.1) is 5.82 Å². The van der Waals surface area contributed by atoms with Gasteiger partial charge in [-0.25, -0.2) is 18.0 Å². The number of aromatic nitrogens is 1. The molecule has 1 amide bonds. The van der Waals surface area contributed by atoms with Gasteiger partial charge in [-0.2, -0.15) is 0 Å². The van der Waals surface area contributed by atoms with Crippen LogP contribution in [0.3, 0.4) is 0 Å². The molecule has 2 aliphatic heterocycles. The highest BCUT2D eigenvalue weighted by molar-refractivity contribution is 7.14. The molecule has 2 atom stereocenters. The van der Waals surface area contributed by atoms with Crippen molar-refractivity contribution in [2.75, 3.05) is 38.7 Å². The smallest absolute Gasteiger partial charge is 0.451 e. The Morgan fingerprint density at radius 1 is 1.11 bits per heavy atom. The minimum absolute atomic E-state index is 0.0597. The van der Waals surface area contributed by atoms with Gasteiger partial charge in [0.15, 0.2) is 5.69 Å². The molecule has 14 heteroatoms. The van der Waals surface area contributed by atoms with Gasteiger partial charge in [-0.1, -0.05) is 30.3 Å². The Morgan fingerprint density at radius 2 is 1.93 bits per heavy atom. The number of amides is 1. The lowest BCUT2D eigenvalue weighted by atomic mass is 9.80. The SMILES string of the molecule is COC(=O)OCOc1c2n(ccc1=O)N(C1c3ccccc3-c3scc4c3-c3c1ccc(F)c3C(F)(F)C4)C1COCCN1C2=O. The van der Waals surface area contributed by atoms with Gasteiger partial charge < -0.3 is 23.8 Å². The van der Waals surface area contributed by atoms with Crippen LogP contribution in [0.2, 0.25) is 0 Å². The zero-order valence-electron chi connectivity index (χ0n) is 24.1. The van der Waals surface area contributed by atoms with Gasteiger partial charge >= 0.3 is 6.16 Å². The Kier molecular flexibility index (Phi) is 6.45. The first-order valence-corrected chi connectivity index (χ1v) is 15.3. The van der Waals surface area contributed by atoms with Crippen LogP contribution in [0.5, 0.6) is 5.75 Å². The fourth-order valence-electron chi connectivity index (χ4n) is 7.02. The van der Waals surface area contributed by atoms with Crippen LogP contribution in [-0.4, -0.2) is 61.5 Å². The first kappa shape index (κ1) is 28.6. The van der Waals surface area contributed by atoms with Crippen molar-refractivity contribution in [3.05, 3.63) is 98.0 Å². The van der Waals surface area contributed by atoms with Gasteiger partial charge in [0, 0.05) is 41.2 Å². The number of hydrogen-bond acceptors (Lipinski definition) is 9. The lowest BCUT2D eigenvalue weighted by molar-refractivity contribution is -0.0208. The van der Waals surface area contributed by atoms with E-state index in [1.54, 1.807) is 10.4 Å². The Morgan fingerprint density at radius 3 is 2.76 bits per heavy atom. The summed E-state index contributed by atoms with van der Waals surface area (Å²) in [5, 5.41) is 3.50. The standard InChI is InChI=1S/C32H24F3N3O7S/c1-42-31(41)45-15-44-28-21(39)8-9-37-27(28)30(40)36-10-11-43-13-22(36)38(37)26-17-4-2-3-5-18(17)29-23-16(14-46-29)12-32(34,35)25-20(33)7-6-19(26)24(23)25/h2-9,14,22,26H,10-13,15H2,1H3. The number of morpholine rings is 1. The van der Waals surface area contributed by atoms with Gasteiger partial charge in [0.1, 0.15) is 12.0 Å². The van der Waals surface area contributed by atoms with Gasteiger partial charge in [-0.15, -0.1) is 11.3 Å². The van der Waals surface area contributed by atoms with Crippen LogP contribution in [0.25, 0.3) is 21.6 Å². The molecule has 2 aromatic heterocycles. The highest BCUT2D eigenvalue weighted by atomic mass is 32.1. The normalized spacial score (nSPS) is 20.1. The van der Waals surface area contributed by atoms with Crippen molar-refractivity contribution in [1.82, 2.24) is 9.58 Å². The quantitative estimate of drug-likeness (QED) is 0.225. The third-order valence-corrected chi connectivity index (χ3v) is 9.91. The molecule has 0 spiro atoms. The average molecular weight is 652 g/mol. The number of methoxy groups -OCH3 is 1. The van der Waals surface area contributed by atoms with Crippen LogP contribution in [0.1, 0.15) is 38.8 Å². The maximum absolute atomic E-state index is 15.8. The minimum atomic E-state index is -3.47. The number of fused-ring (bicyclic) bond motifs is 4. The predicted octanol–water partition coefficient (Wildman–Crippen LogP) is 5.00. The van der Waals surface area contributed by atoms with E-state index in [4.69, 9.17) is 14.2 Å². The highest BCUT2D eigenvalue weighted by Crippen LogP contribution is 2.58. The van der Waals surface area contributed by atoms with E-state index >= 15 is 13.2 Å². The molecule has 46 heavy (non-hydrogen) atoms. The first-order chi connectivity index (χ1) is 22.2. The summed E-state index contributed by atoms with van der Waals surface area (Å²) in [6.07, 6.45) is -1.02. The molecule has 1 saturated heterocycles. The number of rotatable bonds is 4. The van der Waals surface area contributed by atoms with Crippen molar-refractivity contribution >= 4 is 23.4 Å². The Labute approximate surface area is 263 Å². The van der Waals surface area contributed by atoms with E-state index in [0.29, 0.717) is 16.7 Å². The van der Waals surface area contributed by atoms with Gasteiger partial charge in [0.2, 0.25) is 18.0 Å². The van der Waals surface area contributed by atoms with E-state index in [0.717, 1.165) is 29.2 Å². The van der Waals surface area contributed by atoms with E-state index in [2.05, 4.69) is 4.74 Å². The number of pyridine rings is 1. The fraction of sp³-hybridized carbons (Fsp3) is 0.281. The minimum Gasteiger partial charge on any atom is -0.451 e. The molecule has 8 rings (SSSR count). The summed E-state index contributed by atoms with van der Waals surface area (Å²) in [6, 6.07) is 10.4. The summed E-state index contributed by atoms with van der Waals surface area (Å²) in [6.45, 7) is -0.278. The Bertz CT molecular complexity index is 2010. The second-order valence-electron chi connectivity index (χ2n) is 11.2. The predicted molar refractivity (Wildman–Crippen MR) is 158 cm³/mol. The number of benzene rings is 2. The van der Waals surface area contributed by atoms with Gasteiger partial charge in [-0.05, 0) is 33.7 Å². The van der Waals surface area contributed by atoms with Crippen molar-refractivity contribution in [2.24, 2.45) is 0 Å². The van der Waals surface area contributed by atoms with Gasteiger partial charge in [-0.3, -0.25) is 19.3 Å². The number of hydrogen-bond donors (Lipinski definition) is 0. The second kappa shape index (κ2) is 10.4. The van der Waals surface area contributed by atoms with Crippen LogP contribution >= 0.6 is 11.3 Å². The molecule has 0 saturated carbocycles. The topological polar surface area (TPSA) is 99.5 Å². The van der Waals surface area contributed by atoms with Crippen molar-refractivity contribution in [3.8, 4) is 27.3 Å². The molecule has 0 bridgehead atoms. The number of alkyl halides is 2. The molecule has 0 radical (unpaired) electrons. The number of carbonyl (C=O) groups excluding carboxylic acids is 2. The van der Waals surface area contributed by atoms with Gasteiger partial charge in [0.05, 0.1) is 31.9 Å². The number of ether oxygens (including phenoxy) is 4. The van der Waals surface area contributed by atoms with Crippen molar-refractivity contribution in [2.45, 2.75) is 24.6 Å². The maximum atomic E-state index is 15.8. The molecule has 10 nitrogen and oxygen atoms in total. The monoisotopic (exact) mass is 651 g/mol. The highest BCUT2D eigenvalue weighted by Gasteiger charge is 2.50. The van der Waals surface area contributed by atoms with Crippen LogP contribution < -0.4 is 15.2 Å². The number of halogens is 3. The molecule has 2 aromatic carbocycles. The lowest BCUT2D eigenvalue weighted by Crippen LogP contribution is -2.66. The van der Waals surface area contributed by atoms with E-state index < -0.39 is 60.2 Å². The molecule has 2 unspecified atom stereocenters. The van der Waals surface area contributed by atoms with E-state index in [9.17, 15) is 14.4 Å². The molecule has 0 N–H and O–H groups in total. The third kappa shape index (κ3) is 4.02. The molecule has 4 heterocycles. The molecule has 1 fully saturated rings. The Balaban J connectivity index is 1.41. The fourth-order valence-corrected chi connectivity index (χ4v) is 8.15. The van der Waals surface area contributed by atoms with Crippen molar-refractivity contribution in [3.63, 3.8) is 0 Å². The second-order valence-corrected chi connectivity index (χ2v) is 12.1. The maximum Gasteiger partial charge on any atom is 0.510 e. The van der Waals surface area contributed by atoms with Crippen LogP contribution in [0.15, 0.2) is 58.8 Å². The van der Waals surface area contributed by atoms with Crippen LogP contribution in [-0.2, 0) is 26.6 Å². The number of nitrogens with zero attached hydrogens (tertiary/aromatic N) is 3. The molecule has 2 aliphatic carbocycles. The van der Waals surface area contributed by atoms with Crippen molar-refractivity contribution in [1.29, 1.82) is 0 Å². The van der Waals surface area contributed by atoms with E-state index in [1.165, 1.54) is 39.2 Å². The summed E-state index contributed by atoms with van der Waals surface area (Å²) < 4.78 is 69.3. The first-order valence-electron chi connectivity index (χ1n) is 14.4. The summed E-state index contributed by atoms with van der Waals surface area (Å²) in [4.78, 5) is 41.0. The molecule has 236 valence electrons. The molecular formula is C32H24F3N3O7S. The Hall–Kier alpha value is -4.82. The summed E-state index contributed by atoms with van der Waals surface area (Å²) in [5.74, 6) is -5.38. The molecule has 4 aliphatic rings. The summed E-state index contributed by atoms with van der Waals surface area (Å²) in [5.41, 5.74) is 1.56. The van der Waals surface area contributed by atoms with Gasteiger partial charge in [0.25, 0.3) is 11.8 Å². The molecular weight excluding hydrogens is 627 g/mol. The zero-order chi connectivity index (χ0) is 31.9. The van der Waals surface area contributed by atoms with Crippen LogP contribution in [0.4, 0.5) is 18.0 Å². The number of thiophene rings is 1.